The number of nitrogens with one attached hydrogen (secondary N) is 1. The van der Waals surface area contributed by atoms with E-state index in [1.54, 1.807) is 0 Å². The molecule has 0 aliphatic heterocycles. The minimum absolute atomic E-state index is 0.0897. The van der Waals surface area contributed by atoms with E-state index in [1.165, 1.54) is 25.3 Å². The van der Waals surface area contributed by atoms with E-state index < -0.39 is 10.8 Å². The monoisotopic (exact) mass is 222 g/mol. The molecular weight excluding hydrogens is 212 g/mol. The predicted octanol–water partition coefficient (Wildman–Crippen LogP) is 1.73. The number of nitro groups is 1. The largest absolute Gasteiger partial charge is 0.490 e. The molecule has 1 aromatic rings. The van der Waals surface area contributed by atoms with Gasteiger partial charge >= 0.3 is 5.69 Å². The van der Waals surface area contributed by atoms with Gasteiger partial charge in [-0.15, -0.1) is 0 Å². The number of carbonyl (C=O) groups is 1. The number of anilines is 1. The van der Waals surface area contributed by atoms with Crippen LogP contribution in [-0.4, -0.2) is 17.9 Å². The maximum absolute atomic E-state index is 11.0. The van der Waals surface area contributed by atoms with Gasteiger partial charge in [0, 0.05) is 17.8 Å². The Morgan fingerprint density at radius 3 is 2.81 bits per heavy atom. The summed E-state index contributed by atoms with van der Waals surface area (Å²) >= 11 is 0. The molecule has 1 rings (SSSR count). The molecule has 0 aliphatic rings. The van der Waals surface area contributed by atoms with Gasteiger partial charge < -0.3 is 10.1 Å². The Bertz CT molecular complexity index is 442. The van der Waals surface area contributed by atoms with E-state index in [2.05, 4.69) is 11.9 Å². The van der Waals surface area contributed by atoms with Gasteiger partial charge in [-0.25, -0.2) is 0 Å². The van der Waals surface area contributed by atoms with Gasteiger partial charge in [-0.2, -0.15) is 0 Å². The quantitative estimate of drug-likeness (QED) is 0.477. The van der Waals surface area contributed by atoms with Crippen LogP contribution >= 0.6 is 0 Å². The van der Waals surface area contributed by atoms with E-state index in [-0.39, 0.29) is 11.4 Å². The molecule has 0 bridgehead atoms. The van der Waals surface area contributed by atoms with Crippen molar-refractivity contribution < 1.29 is 14.5 Å². The molecule has 16 heavy (non-hydrogen) atoms. The van der Waals surface area contributed by atoms with E-state index >= 15 is 0 Å². The van der Waals surface area contributed by atoms with Crippen LogP contribution in [0.15, 0.2) is 30.9 Å². The third-order valence-corrected chi connectivity index (χ3v) is 1.83. The van der Waals surface area contributed by atoms with Crippen molar-refractivity contribution in [2.24, 2.45) is 0 Å². The summed E-state index contributed by atoms with van der Waals surface area (Å²) < 4.78 is 4.84. The molecule has 1 N–H and O–H groups in total. The number of hydrogen-bond donors (Lipinski definition) is 1. The lowest BCUT2D eigenvalue weighted by Gasteiger charge is -2.05. The topological polar surface area (TPSA) is 81.5 Å². The van der Waals surface area contributed by atoms with Gasteiger partial charge in [0.2, 0.25) is 5.91 Å². The maximum atomic E-state index is 11.0. The minimum Gasteiger partial charge on any atom is -0.490 e. The van der Waals surface area contributed by atoms with Crippen LogP contribution in [0.1, 0.15) is 0 Å². The minimum atomic E-state index is -0.558. The summed E-state index contributed by atoms with van der Waals surface area (Å²) in [4.78, 5) is 21.0. The summed E-state index contributed by atoms with van der Waals surface area (Å²) in [5, 5.41) is 13.1. The number of methoxy groups -OCH3 is 1. The Labute approximate surface area is 91.7 Å². The van der Waals surface area contributed by atoms with Gasteiger partial charge in [0.15, 0.2) is 5.75 Å². The molecule has 0 aromatic heterocycles. The number of nitrogens with zero attached hydrogens (tertiary/aromatic N) is 1. The lowest BCUT2D eigenvalue weighted by atomic mass is 10.2. The van der Waals surface area contributed by atoms with E-state index in [9.17, 15) is 14.9 Å². The highest BCUT2D eigenvalue weighted by molar-refractivity contribution is 5.99. The van der Waals surface area contributed by atoms with Gasteiger partial charge in [0.1, 0.15) is 0 Å². The van der Waals surface area contributed by atoms with Gasteiger partial charge in [-0.05, 0) is 12.1 Å². The molecule has 0 atom stereocenters. The smallest absolute Gasteiger partial charge is 0.311 e. The highest BCUT2D eigenvalue weighted by atomic mass is 16.6. The fraction of sp³-hybridized carbons (Fsp3) is 0.100. The highest BCUT2D eigenvalue weighted by Crippen LogP contribution is 2.29. The number of amides is 1. The number of carbonyl (C=O) groups excluding carboxylic acids is 1. The van der Waals surface area contributed by atoms with Crippen LogP contribution in [-0.2, 0) is 4.79 Å². The van der Waals surface area contributed by atoms with Crippen molar-refractivity contribution in [1.29, 1.82) is 0 Å². The normalized spacial score (nSPS) is 9.31. The third kappa shape index (κ3) is 2.57. The number of benzene rings is 1. The number of rotatable bonds is 4. The second-order valence-electron chi connectivity index (χ2n) is 2.84. The Balaban J connectivity index is 3.04. The molecule has 0 fully saturated rings. The van der Waals surface area contributed by atoms with Gasteiger partial charge in [0.05, 0.1) is 12.0 Å². The van der Waals surface area contributed by atoms with E-state index in [4.69, 9.17) is 4.74 Å². The zero-order chi connectivity index (χ0) is 12.1. The number of nitro benzene ring substituents is 1. The van der Waals surface area contributed by atoms with Crippen molar-refractivity contribution in [3.8, 4) is 5.75 Å². The number of hydrogen-bond acceptors (Lipinski definition) is 4. The van der Waals surface area contributed by atoms with Crippen molar-refractivity contribution in [3.05, 3.63) is 41.0 Å². The number of ether oxygens (including phenoxy) is 1. The lowest BCUT2D eigenvalue weighted by molar-refractivity contribution is -0.385. The lowest BCUT2D eigenvalue weighted by Crippen LogP contribution is -2.07. The van der Waals surface area contributed by atoms with E-state index in [0.717, 1.165) is 6.08 Å². The summed E-state index contributed by atoms with van der Waals surface area (Å²) in [5.74, 6) is -0.303. The molecule has 6 nitrogen and oxygen atoms in total. The first-order valence-corrected chi connectivity index (χ1v) is 4.34. The highest BCUT2D eigenvalue weighted by Gasteiger charge is 2.14. The van der Waals surface area contributed by atoms with Crippen LogP contribution in [0.2, 0.25) is 0 Å². The fourth-order valence-corrected chi connectivity index (χ4v) is 1.10. The first kappa shape index (κ1) is 11.7. The molecule has 0 heterocycles. The first-order valence-electron chi connectivity index (χ1n) is 4.34. The maximum Gasteiger partial charge on any atom is 0.311 e. The second-order valence-corrected chi connectivity index (χ2v) is 2.84. The van der Waals surface area contributed by atoms with Crippen LogP contribution in [0.25, 0.3) is 0 Å². The molecular formula is C10H10N2O4. The van der Waals surface area contributed by atoms with Crippen molar-refractivity contribution >= 4 is 17.3 Å². The van der Waals surface area contributed by atoms with Crippen molar-refractivity contribution in [3.63, 3.8) is 0 Å². The average molecular weight is 222 g/mol. The fourth-order valence-electron chi connectivity index (χ4n) is 1.10. The molecule has 1 amide bonds. The summed E-state index contributed by atoms with van der Waals surface area (Å²) in [7, 11) is 1.32. The molecule has 0 unspecified atom stereocenters. The summed E-state index contributed by atoms with van der Waals surface area (Å²) in [6.45, 7) is 3.29. The SMILES string of the molecule is C=CC(=O)Nc1ccc([N+](=O)[O-])c(OC)c1. The Morgan fingerprint density at radius 1 is 1.62 bits per heavy atom. The van der Waals surface area contributed by atoms with Crippen molar-refractivity contribution in [1.82, 2.24) is 0 Å². The second kappa shape index (κ2) is 4.92. The van der Waals surface area contributed by atoms with Crippen LogP contribution in [0.3, 0.4) is 0 Å². The Morgan fingerprint density at radius 2 is 2.31 bits per heavy atom. The first-order chi connectivity index (χ1) is 7.58. The molecule has 0 spiro atoms. The van der Waals surface area contributed by atoms with Crippen molar-refractivity contribution in [2.45, 2.75) is 0 Å². The van der Waals surface area contributed by atoms with E-state index in [0.29, 0.717) is 5.69 Å². The zero-order valence-electron chi connectivity index (χ0n) is 8.60. The van der Waals surface area contributed by atoms with Gasteiger partial charge in [-0.3, -0.25) is 14.9 Å². The zero-order valence-corrected chi connectivity index (χ0v) is 8.60. The molecule has 0 saturated heterocycles. The molecule has 0 aliphatic carbocycles. The summed E-state index contributed by atoms with van der Waals surface area (Å²) in [6.07, 6.45) is 1.11. The van der Waals surface area contributed by atoms with E-state index in [1.807, 2.05) is 0 Å². The average Bonchev–Trinajstić information content (AvgIpc) is 2.28. The van der Waals surface area contributed by atoms with Crippen LogP contribution in [0, 0.1) is 10.1 Å². The van der Waals surface area contributed by atoms with Gasteiger partial charge in [0.25, 0.3) is 0 Å². The third-order valence-electron chi connectivity index (χ3n) is 1.83. The van der Waals surface area contributed by atoms with Crippen LogP contribution in [0.4, 0.5) is 11.4 Å². The van der Waals surface area contributed by atoms with Crippen LogP contribution < -0.4 is 10.1 Å². The Kier molecular flexibility index (Phi) is 3.60. The Hall–Kier alpha value is -2.37. The molecule has 1 aromatic carbocycles. The molecule has 0 radical (unpaired) electrons. The molecule has 84 valence electrons. The molecule has 6 heteroatoms. The predicted molar refractivity (Wildman–Crippen MR) is 58.5 cm³/mol. The van der Waals surface area contributed by atoms with Crippen LogP contribution in [0.5, 0.6) is 5.75 Å². The standard InChI is InChI=1S/C10H10N2O4/c1-3-10(13)11-7-4-5-8(12(14)15)9(6-7)16-2/h3-6H,1H2,2H3,(H,11,13). The molecule has 0 saturated carbocycles. The summed E-state index contributed by atoms with van der Waals surface area (Å²) in [6, 6.07) is 4.05. The van der Waals surface area contributed by atoms with Gasteiger partial charge in [-0.1, -0.05) is 6.58 Å². The van der Waals surface area contributed by atoms with Crippen molar-refractivity contribution in [2.75, 3.05) is 12.4 Å². The summed E-state index contributed by atoms with van der Waals surface area (Å²) in [5.41, 5.74) is 0.256.